The summed E-state index contributed by atoms with van der Waals surface area (Å²) in [6.07, 6.45) is 0.885. The largest absolute Gasteiger partial charge is 0.207 e. The first kappa shape index (κ1) is 12.6. The molecule has 0 saturated carbocycles. The maximum Gasteiger partial charge on any atom is 0.127 e. The second-order valence-corrected chi connectivity index (χ2v) is 5.01. The number of benzene rings is 1. The Labute approximate surface area is 97.8 Å². The number of halogens is 3. The van der Waals surface area contributed by atoms with E-state index in [9.17, 15) is 8.78 Å². The van der Waals surface area contributed by atoms with E-state index in [1.165, 1.54) is 12.1 Å². The molecule has 0 N–H and O–H groups in total. The minimum Gasteiger partial charge on any atom is -0.207 e. The lowest BCUT2D eigenvalue weighted by atomic mass is 9.95. The maximum absolute atomic E-state index is 13.6. The normalized spacial score (nSPS) is 15.1. The highest BCUT2D eigenvalue weighted by atomic mass is 79.9. The summed E-state index contributed by atoms with van der Waals surface area (Å²) in [5.74, 6) is -0.682. The summed E-state index contributed by atoms with van der Waals surface area (Å²) >= 11 is 3.47. The molecule has 1 aromatic rings. The molecule has 0 aliphatic heterocycles. The Balaban J connectivity index is 3.09. The van der Waals surface area contributed by atoms with Crippen molar-refractivity contribution in [3.63, 3.8) is 0 Å². The molecule has 0 nitrogen and oxygen atoms in total. The average molecular weight is 277 g/mol. The molecule has 84 valence electrons. The summed E-state index contributed by atoms with van der Waals surface area (Å²) in [6, 6.07) is 2.57. The third-order valence-corrected chi connectivity index (χ3v) is 4.14. The van der Waals surface area contributed by atoms with E-state index in [1.54, 1.807) is 6.92 Å². The fourth-order valence-corrected chi connectivity index (χ4v) is 1.84. The summed E-state index contributed by atoms with van der Waals surface area (Å²) in [6.45, 7) is 5.48. The van der Waals surface area contributed by atoms with E-state index < -0.39 is 0 Å². The van der Waals surface area contributed by atoms with Crippen molar-refractivity contribution < 1.29 is 8.78 Å². The number of aryl methyl sites for hydroxylation is 1. The van der Waals surface area contributed by atoms with Gasteiger partial charge in [-0.05, 0) is 42.5 Å². The van der Waals surface area contributed by atoms with Crippen molar-refractivity contribution in [3.8, 4) is 0 Å². The van der Waals surface area contributed by atoms with Crippen LogP contribution < -0.4 is 0 Å². The zero-order valence-electron chi connectivity index (χ0n) is 9.15. The SMILES string of the molecule is CCC(Br)C(C)c1cc(F)c(C)cc1F. The third-order valence-electron chi connectivity index (χ3n) is 2.70. The Morgan fingerprint density at radius 2 is 1.87 bits per heavy atom. The van der Waals surface area contributed by atoms with Gasteiger partial charge in [0.15, 0.2) is 0 Å². The first-order valence-corrected chi connectivity index (χ1v) is 5.98. The molecule has 0 bridgehead atoms. The first-order chi connectivity index (χ1) is 6.97. The average Bonchev–Trinajstić information content (AvgIpc) is 2.21. The quantitative estimate of drug-likeness (QED) is 0.711. The Morgan fingerprint density at radius 1 is 1.27 bits per heavy atom. The van der Waals surface area contributed by atoms with Crippen LogP contribution in [0.3, 0.4) is 0 Å². The predicted octanol–water partition coefficient (Wildman–Crippen LogP) is 4.55. The molecule has 0 amide bonds. The summed E-state index contributed by atoms with van der Waals surface area (Å²) in [5, 5.41) is 0. The van der Waals surface area contributed by atoms with Crippen LogP contribution in [0.25, 0.3) is 0 Å². The van der Waals surface area contributed by atoms with Gasteiger partial charge >= 0.3 is 0 Å². The molecule has 0 aliphatic carbocycles. The molecule has 0 heterocycles. The number of rotatable bonds is 3. The molecule has 0 radical (unpaired) electrons. The van der Waals surface area contributed by atoms with Crippen LogP contribution in [-0.2, 0) is 0 Å². The summed E-state index contributed by atoms with van der Waals surface area (Å²) in [7, 11) is 0. The van der Waals surface area contributed by atoms with Gasteiger partial charge in [-0.1, -0.05) is 29.8 Å². The molecule has 1 rings (SSSR count). The number of hydrogen-bond donors (Lipinski definition) is 0. The summed E-state index contributed by atoms with van der Waals surface area (Å²) in [5.41, 5.74) is 0.799. The molecule has 0 saturated heterocycles. The predicted molar refractivity (Wildman–Crippen MR) is 62.5 cm³/mol. The van der Waals surface area contributed by atoms with Crippen LogP contribution in [0.2, 0.25) is 0 Å². The van der Waals surface area contributed by atoms with Crippen molar-refractivity contribution in [3.05, 3.63) is 34.9 Å². The van der Waals surface area contributed by atoms with Crippen molar-refractivity contribution in [2.75, 3.05) is 0 Å². The topological polar surface area (TPSA) is 0 Å². The fraction of sp³-hybridized carbons (Fsp3) is 0.500. The molecule has 0 spiro atoms. The Kier molecular flexibility index (Phi) is 4.26. The maximum atomic E-state index is 13.6. The van der Waals surface area contributed by atoms with Crippen molar-refractivity contribution in [2.24, 2.45) is 0 Å². The van der Waals surface area contributed by atoms with Gasteiger partial charge in [0.25, 0.3) is 0 Å². The van der Waals surface area contributed by atoms with Crippen molar-refractivity contribution in [1.29, 1.82) is 0 Å². The molecule has 0 aliphatic rings. The highest BCUT2D eigenvalue weighted by Crippen LogP contribution is 2.29. The van der Waals surface area contributed by atoms with Crippen LogP contribution in [0.1, 0.15) is 37.3 Å². The van der Waals surface area contributed by atoms with Crippen LogP contribution >= 0.6 is 15.9 Å². The van der Waals surface area contributed by atoms with Gasteiger partial charge in [0.05, 0.1) is 0 Å². The second kappa shape index (κ2) is 5.06. The molecule has 1 aromatic carbocycles. The minimum absolute atomic E-state index is 0.0231. The smallest absolute Gasteiger partial charge is 0.127 e. The van der Waals surface area contributed by atoms with Gasteiger partial charge in [0.2, 0.25) is 0 Å². The Bertz CT molecular complexity index is 350. The lowest BCUT2D eigenvalue weighted by Crippen LogP contribution is -2.10. The van der Waals surface area contributed by atoms with Crippen molar-refractivity contribution >= 4 is 15.9 Å². The van der Waals surface area contributed by atoms with Crippen molar-refractivity contribution in [1.82, 2.24) is 0 Å². The Hall–Kier alpha value is -0.440. The molecule has 2 unspecified atom stereocenters. The van der Waals surface area contributed by atoms with Gasteiger partial charge in [0.1, 0.15) is 11.6 Å². The second-order valence-electron chi connectivity index (χ2n) is 3.84. The van der Waals surface area contributed by atoms with Crippen LogP contribution in [0.4, 0.5) is 8.78 Å². The molecule has 15 heavy (non-hydrogen) atoms. The van der Waals surface area contributed by atoms with Crippen LogP contribution in [0.5, 0.6) is 0 Å². The molecular formula is C12H15BrF2. The van der Waals surface area contributed by atoms with Gasteiger partial charge < -0.3 is 0 Å². The van der Waals surface area contributed by atoms with E-state index in [2.05, 4.69) is 15.9 Å². The minimum atomic E-state index is -0.339. The van der Waals surface area contributed by atoms with E-state index in [4.69, 9.17) is 0 Å². The van der Waals surface area contributed by atoms with E-state index in [1.807, 2.05) is 13.8 Å². The number of alkyl halides is 1. The zero-order valence-corrected chi connectivity index (χ0v) is 10.7. The molecule has 0 aromatic heterocycles. The van der Waals surface area contributed by atoms with E-state index in [-0.39, 0.29) is 22.4 Å². The van der Waals surface area contributed by atoms with E-state index in [0.717, 1.165) is 6.42 Å². The van der Waals surface area contributed by atoms with Gasteiger partial charge in [-0.2, -0.15) is 0 Å². The monoisotopic (exact) mass is 276 g/mol. The van der Waals surface area contributed by atoms with Gasteiger partial charge in [-0.15, -0.1) is 0 Å². The molecule has 0 fully saturated rings. The first-order valence-electron chi connectivity index (χ1n) is 5.07. The highest BCUT2D eigenvalue weighted by Gasteiger charge is 2.19. The van der Waals surface area contributed by atoms with Gasteiger partial charge in [-0.25, -0.2) is 8.78 Å². The lowest BCUT2D eigenvalue weighted by Gasteiger charge is -2.18. The van der Waals surface area contributed by atoms with Crippen molar-refractivity contribution in [2.45, 2.75) is 37.9 Å². The highest BCUT2D eigenvalue weighted by molar-refractivity contribution is 9.09. The van der Waals surface area contributed by atoms with E-state index >= 15 is 0 Å². The summed E-state index contributed by atoms with van der Waals surface area (Å²) in [4.78, 5) is 0.175. The third kappa shape index (κ3) is 2.77. The van der Waals surface area contributed by atoms with Crippen LogP contribution in [-0.4, -0.2) is 4.83 Å². The van der Waals surface area contributed by atoms with Gasteiger partial charge in [0, 0.05) is 4.83 Å². The molecule has 3 heteroatoms. The van der Waals surface area contributed by atoms with E-state index in [0.29, 0.717) is 11.1 Å². The van der Waals surface area contributed by atoms with Gasteiger partial charge in [-0.3, -0.25) is 0 Å². The van der Waals surface area contributed by atoms with Crippen LogP contribution in [0.15, 0.2) is 12.1 Å². The standard InChI is InChI=1S/C12H15BrF2/c1-4-10(13)8(3)9-6-11(14)7(2)5-12(9)15/h5-6,8,10H,4H2,1-3H3. The Morgan fingerprint density at radius 3 is 2.40 bits per heavy atom. The number of hydrogen-bond acceptors (Lipinski definition) is 0. The summed E-state index contributed by atoms with van der Waals surface area (Å²) < 4.78 is 26.9. The van der Waals surface area contributed by atoms with Crippen LogP contribution in [0, 0.1) is 18.6 Å². The molecule has 2 atom stereocenters. The zero-order chi connectivity index (χ0) is 11.6. The fourth-order valence-electron chi connectivity index (χ4n) is 1.56. The molecular weight excluding hydrogens is 262 g/mol. The lowest BCUT2D eigenvalue weighted by molar-refractivity contribution is 0.556.